The van der Waals surface area contributed by atoms with Crippen molar-refractivity contribution in [3.63, 3.8) is 0 Å². The van der Waals surface area contributed by atoms with Crippen molar-refractivity contribution in [1.29, 1.82) is 0 Å². The molecule has 0 saturated heterocycles. The second kappa shape index (κ2) is 6.37. The Balaban J connectivity index is 1.64. The third-order valence-corrected chi connectivity index (χ3v) is 5.66. The number of fused-ring (bicyclic) bond motifs is 3. The maximum absolute atomic E-state index is 12.6. The number of hydrogen-bond donors (Lipinski definition) is 1. The number of thioether (sulfide) groups is 2. The number of rotatable bonds is 3. The van der Waals surface area contributed by atoms with Crippen LogP contribution in [0.4, 0.5) is 5.69 Å². The van der Waals surface area contributed by atoms with Crippen LogP contribution in [0.1, 0.15) is 16.1 Å². The summed E-state index contributed by atoms with van der Waals surface area (Å²) in [6, 6.07) is 15.8. The molecule has 3 aromatic rings. The van der Waals surface area contributed by atoms with Crippen molar-refractivity contribution in [2.75, 3.05) is 11.6 Å². The molecule has 1 aromatic heterocycles. The molecule has 1 aliphatic heterocycles. The first kappa shape index (κ1) is 15.4. The lowest BCUT2D eigenvalue weighted by molar-refractivity contribution is 0.101. The fourth-order valence-corrected chi connectivity index (χ4v) is 4.17. The smallest absolute Gasteiger partial charge is 0.278 e. The van der Waals surface area contributed by atoms with Crippen LogP contribution in [-0.2, 0) is 5.75 Å². The van der Waals surface area contributed by atoms with Gasteiger partial charge >= 0.3 is 0 Å². The predicted octanol–water partition coefficient (Wildman–Crippen LogP) is 4.92. The van der Waals surface area contributed by atoms with Crippen molar-refractivity contribution in [2.45, 2.75) is 15.5 Å². The molecule has 6 heteroatoms. The van der Waals surface area contributed by atoms with E-state index in [1.807, 2.05) is 48.7 Å². The maximum Gasteiger partial charge on any atom is 0.278 e. The van der Waals surface area contributed by atoms with Crippen LogP contribution in [-0.4, -0.2) is 17.3 Å². The molecule has 4 rings (SSSR count). The van der Waals surface area contributed by atoms with E-state index in [0.717, 1.165) is 26.6 Å². The summed E-state index contributed by atoms with van der Waals surface area (Å²) in [7, 11) is 0. The minimum atomic E-state index is -0.238. The Morgan fingerprint density at radius 3 is 3.00 bits per heavy atom. The van der Waals surface area contributed by atoms with Gasteiger partial charge in [-0.3, -0.25) is 4.79 Å². The van der Waals surface area contributed by atoms with Gasteiger partial charge in [0.2, 0.25) is 0 Å². The van der Waals surface area contributed by atoms with Crippen molar-refractivity contribution in [3.8, 4) is 11.3 Å². The zero-order chi connectivity index (χ0) is 16.5. The van der Waals surface area contributed by atoms with E-state index in [-0.39, 0.29) is 5.91 Å². The lowest BCUT2D eigenvalue weighted by Gasteiger charge is -2.13. The van der Waals surface area contributed by atoms with Crippen molar-refractivity contribution in [3.05, 3.63) is 59.8 Å². The first-order chi connectivity index (χ1) is 11.8. The highest BCUT2D eigenvalue weighted by Crippen LogP contribution is 2.42. The topological polar surface area (TPSA) is 55.1 Å². The van der Waals surface area contributed by atoms with Crippen LogP contribution in [0.5, 0.6) is 0 Å². The zero-order valence-corrected chi connectivity index (χ0v) is 14.5. The lowest BCUT2D eigenvalue weighted by Crippen LogP contribution is -2.14. The van der Waals surface area contributed by atoms with Gasteiger partial charge in [0, 0.05) is 32.4 Å². The van der Waals surface area contributed by atoms with Crippen LogP contribution in [0.2, 0.25) is 0 Å². The van der Waals surface area contributed by atoms with Gasteiger partial charge in [0.25, 0.3) is 5.91 Å². The number of nitrogens with one attached hydrogen (secondary N) is 1. The largest absolute Gasteiger partial charge is 0.355 e. The molecule has 0 fully saturated rings. The second-order valence-corrected chi connectivity index (χ2v) is 7.21. The highest BCUT2D eigenvalue weighted by atomic mass is 32.2. The van der Waals surface area contributed by atoms with Crippen molar-refractivity contribution in [2.24, 2.45) is 0 Å². The molecule has 120 valence electrons. The molecule has 2 aromatic carbocycles. The summed E-state index contributed by atoms with van der Waals surface area (Å²) in [4.78, 5) is 14.9. The minimum absolute atomic E-state index is 0.238. The summed E-state index contributed by atoms with van der Waals surface area (Å²) in [6.07, 6.45) is 2.00. The molecular weight excluding hydrogens is 340 g/mol. The fourth-order valence-electron chi connectivity index (χ4n) is 2.65. The Hall–Kier alpha value is -2.18. The molecule has 24 heavy (non-hydrogen) atoms. The van der Waals surface area contributed by atoms with Gasteiger partial charge in [-0.2, -0.15) is 0 Å². The van der Waals surface area contributed by atoms with Crippen LogP contribution in [0, 0.1) is 0 Å². The Morgan fingerprint density at radius 2 is 2.12 bits per heavy atom. The van der Waals surface area contributed by atoms with Gasteiger partial charge in [0.1, 0.15) is 0 Å². The van der Waals surface area contributed by atoms with Gasteiger partial charge in [-0.1, -0.05) is 23.4 Å². The molecule has 0 unspecified atom stereocenters. The summed E-state index contributed by atoms with van der Waals surface area (Å²) in [6.45, 7) is 0. The molecule has 0 aliphatic carbocycles. The summed E-state index contributed by atoms with van der Waals surface area (Å²) >= 11 is 3.33. The number of aromatic nitrogens is 1. The molecule has 0 spiro atoms. The van der Waals surface area contributed by atoms with Crippen LogP contribution < -0.4 is 5.32 Å². The third kappa shape index (κ3) is 2.72. The number of benzene rings is 2. The Morgan fingerprint density at radius 1 is 1.25 bits per heavy atom. The zero-order valence-electron chi connectivity index (χ0n) is 12.9. The number of anilines is 1. The maximum atomic E-state index is 12.6. The fraction of sp³-hybridized carbons (Fsp3) is 0.111. The third-order valence-electron chi connectivity index (χ3n) is 3.83. The van der Waals surface area contributed by atoms with Crippen LogP contribution in [0.3, 0.4) is 0 Å². The average Bonchev–Trinajstić information content (AvgIpc) is 3.06. The first-order valence-electron chi connectivity index (χ1n) is 7.42. The molecule has 1 aliphatic rings. The highest BCUT2D eigenvalue weighted by Gasteiger charge is 2.27. The molecule has 0 radical (unpaired) electrons. The van der Waals surface area contributed by atoms with Gasteiger partial charge in [-0.15, -0.1) is 23.5 Å². The van der Waals surface area contributed by atoms with Crippen molar-refractivity contribution >= 4 is 35.1 Å². The molecule has 4 nitrogen and oxygen atoms in total. The van der Waals surface area contributed by atoms with Crippen molar-refractivity contribution in [1.82, 2.24) is 5.16 Å². The van der Waals surface area contributed by atoms with Crippen LogP contribution >= 0.6 is 23.5 Å². The van der Waals surface area contributed by atoms with Crippen LogP contribution in [0.15, 0.2) is 62.8 Å². The number of nitrogens with zero attached hydrogens (tertiary/aromatic N) is 1. The van der Waals surface area contributed by atoms with E-state index in [9.17, 15) is 4.79 Å². The minimum Gasteiger partial charge on any atom is -0.355 e. The second-order valence-electron chi connectivity index (χ2n) is 5.31. The van der Waals surface area contributed by atoms with E-state index in [2.05, 4.69) is 16.5 Å². The normalized spacial score (nSPS) is 12.4. The van der Waals surface area contributed by atoms with E-state index in [1.165, 1.54) is 0 Å². The van der Waals surface area contributed by atoms with E-state index in [0.29, 0.717) is 17.2 Å². The summed E-state index contributed by atoms with van der Waals surface area (Å²) in [5.74, 6) is 1.15. The van der Waals surface area contributed by atoms with Gasteiger partial charge in [0.15, 0.2) is 11.5 Å². The Labute approximate surface area is 148 Å². The molecule has 2 heterocycles. The van der Waals surface area contributed by atoms with E-state index < -0.39 is 0 Å². The number of hydrogen-bond acceptors (Lipinski definition) is 5. The van der Waals surface area contributed by atoms with E-state index >= 15 is 0 Å². The van der Waals surface area contributed by atoms with E-state index in [1.54, 1.807) is 23.5 Å². The SMILES string of the molecule is CSc1cccc(NC(=O)c2noc3c2CSc2ccccc2-3)c1. The summed E-state index contributed by atoms with van der Waals surface area (Å²) < 4.78 is 5.49. The average molecular weight is 354 g/mol. The monoisotopic (exact) mass is 354 g/mol. The highest BCUT2D eigenvalue weighted by molar-refractivity contribution is 7.99. The van der Waals surface area contributed by atoms with Gasteiger partial charge in [-0.25, -0.2) is 0 Å². The van der Waals surface area contributed by atoms with Crippen LogP contribution in [0.25, 0.3) is 11.3 Å². The van der Waals surface area contributed by atoms with E-state index in [4.69, 9.17) is 4.52 Å². The summed E-state index contributed by atoms with van der Waals surface area (Å²) in [5, 5.41) is 6.94. The van der Waals surface area contributed by atoms with Gasteiger partial charge < -0.3 is 9.84 Å². The predicted molar refractivity (Wildman–Crippen MR) is 97.7 cm³/mol. The molecule has 0 saturated carbocycles. The van der Waals surface area contributed by atoms with Gasteiger partial charge in [0.05, 0.1) is 0 Å². The molecule has 0 atom stereocenters. The lowest BCUT2D eigenvalue weighted by atomic mass is 10.1. The quantitative estimate of drug-likeness (QED) is 0.677. The molecule has 0 bridgehead atoms. The first-order valence-corrected chi connectivity index (χ1v) is 9.63. The Bertz CT molecular complexity index is 921. The Kier molecular flexibility index (Phi) is 4.08. The number of carbonyl (C=O) groups excluding carboxylic acids is 1. The number of amides is 1. The molecule has 1 amide bonds. The number of carbonyl (C=O) groups is 1. The molecule has 1 N–H and O–H groups in total. The van der Waals surface area contributed by atoms with Crippen molar-refractivity contribution < 1.29 is 9.32 Å². The summed E-state index contributed by atoms with van der Waals surface area (Å²) in [5.41, 5.74) is 2.98. The molecular formula is C18H14N2O2S2. The van der Waals surface area contributed by atoms with Gasteiger partial charge in [-0.05, 0) is 36.6 Å². The standard InChI is InChI=1S/C18H14N2O2S2/c1-23-12-6-4-5-11(9-12)19-18(21)16-14-10-24-15-8-3-2-7-13(15)17(14)22-20-16/h2-9H,10H2,1H3,(H,19,21).